The third-order valence-corrected chi connectivity index (χ3v) is 6.72. The molecule has 0 aliphatic rings. The standard InChI is InChI=1S/C29H37NO8S/c1-9-37-20(3)25(21(4)38-10-2)18-30-26-15-22(11-12-27(26)34-6)19-39(31,32)14-13-24-28(35-7)16-23(33-5)17-29(24)36-8/h11-18,30H,3-4,9-10,19H2,1-2,5-8H3/b14-13+. The summed E-state index contributed by atoms with van der Waals surface area (Å²) in [4.78, 5) is 0. The van der Waals surface area contributed by atoms with Crippen LogP contribution in [0.25, 0.3) is 6.08 Å². The first-order chi connectivity index (χ1) is 18.6. The Morgan fingerprint density at radius 1 is 0.846 bits per heavy atom. The van der Waals surface area contributed by atoms with Crippen LogP contribution < -0.4 is 24.3 Å². The minimum absolute atomic E-state index is 0.253. The number of hydrogen-bond donors (Lipinski definition) is 1. The van der Waals surface area contributed by atoms with Crippen LogP contribution in [-0.4, -0.2) is 50.1 Å². The Bertz CT molecular complexity index is 1280. The van der Waals surface area contributed by atoms with Crippen LogP contribution in [0.5, 0.6) is 23.0 Å². The van der Waals surface area contributed by atoms with Crippen molar-refractivity contribution in [3.8, 4) is 23.0 Å². The van der Waals surface area contributed by atoms with Gasteiger partial charge in [0.05, 0.1) is 64.2 Å². The molecule has 0 heterocycles. The van der Waals surface area contributed by atoms with Gasteiger partial charge in [0.15, 0.2) is 9.84 Å². The van der Waals surface area contributed by atoms with Gasteiger partial charge in [-0.1, -0.05) is 19.2 Å². The Hall–Kier alpha value is -4.05. The first-order valence-electron chi connectivity index (χ1n) is 12.1. The van der Waals surface area contributed by atoms with Gasteiger partial charge in [-0.3, -0.25) is 0 Å². The summed E-state index contributed by atoms with van der Waals surface area (Å²) in [5, 5.41) is 4.27. The number of methoxy groups -OCH3 is 4. The Kier molecular flexibility index (Phi) is 11.8. The number of rotatable bonds is 16. The molecule has 2 rings (SSSR count). The largest absolute Gasteiger partial charge is 0.496 e. The van der Waals surface area contributed by atoms with Crippen LogP contribution in [0, 0.1) is 0 Å². The normalized spacial score (nSPS) is 10.9. The van der Waals surface area contributed by atoms with E-state index in [1.165, 1.54) is 34.5 Å². The Balaban J connectivity index is 2.36. The van der Waals surface area contributed by atoms with Crippen LogP contribution in [0.2, 0.25) is 0 Å². The summed E-state index contributed by atoms with van der Waals surface area (Å²) in [5.74, 6) is 2.38. The van der Waals surface area contributed by atoms with Crippen LogP contribution in [0.3, 0.4) is 0 Å². The zero-order valence-corrected chi connectivity index (χ0v) is 24.1. The summed E-state index contributed by atoms with van der Waals surface area (Å²) in [6.07, 6.45) is 3.08. The van der Waals surface area contributed by atoms with Crippen LogP contribution in [0.15, 0.2) is 72.2 Å². The highest BCUT2D eigenvalue weighted by atomic mass is 32.2. The second-order valence-corrected chi connectivity index (χ2v) is 9.89. The van der Waals surface area contributed by atoms with Gasteiger partial charge in [0, 0.05) is 23.7 Å². The van der Waals surface area contributed by atoms with Crippen LogP contribution in [-0.2, 0) is 25.1 Å². The molecule has 0 aromatic heterocycles. The molecule has 0 saturated heterocycles. The van der Waals surface area contributed by atoms with Gasteiger partial charge in [-0.2, -0.15) is 0 Å². The molecule has 0 radical (unpaired) electrons. The summed E-state index contributed by atoms with van der Waals surface area (Å²) in [6, 6.07) is 8.37. The smallest absolute Gasteiger partial charge is 0.175 e. The highest BCUT2D eigenvalue weighted by molar-refractivity contribution is 7.93. The third kappa shape index (κ3) is 8.75. The molecule has 0 amide bonds. The molecule has 2 aromatic carbocycles. The molecular weight excluding hydrogens is 522 g/mol. The van der Waals surface area contributed by atoms with E-state index >= 15 is 0 Å². The Morgan fingerprint density at radius 3 is 1.90 bits per heavy atom. The minimum atomic E-state index is -3.68. The molecule has 212 valence electrons. The first kappa shape index (κ1) is 31.2. The van der Waals surface area contributed by atoms with Crippen molar-refractivity contribution < 1.29 is 36.8 Å². The van der Waals surface area contributed by atoms with Crippen molar-refractivity contribution in [1.29, 1.82) is 0 Å². The molecule has 0 saturated carbocycles. The van der Waals surface area contributed by atoms with Gasteiger partial charge in [-0.05, 0) is 37.6 Å². The number of nitrogens with one attached hydrogen (secondary N) is 1. The summed E-state index contributed by atoms with van der Waals surface area (Å²) < 4.78 is 58.6. The molecule has 2 aromatic rings. The Morgan fingerprint density at radius 2 is 1.41 bits per heavy atom. The van der Waals surface area contributed by atoms with Gasteiger partial charge >= 0.3 is 0 Å². The van der Waals surface area contributed by atoms with Crippen LogP contribution in [0.1, 0.15) is 25.0 Å². The van der Waals surface area contributed by atoms with Crippen molar-refractivity contribution in [2.24, 2.45) is 0 Å². The number of ether oxygens (including phenoxy) is 6. The maximum absolute atomic E-state index is 13.0. The molecule has 0 unspecified atom stereocenters. The van der Waals surface area contributed by atoms with E-state index in [4.69, 9.17) is 28.4 Å². The molecule has 10 heteroatoms. The van der Waals surface area contributed by atoms with E-state index in [0.29, 0.717) is 70.1 Å². The van der Waals surface area contributed by atoms with E-state index in [1.807, 2.05) is 13.8 Å². The molecule has 0 aliphatic carbocycles. The molecule has 1 N–H and O–H groups in total. The lowest BCUT2D eigenvalue weighted by Gasteiger charge is -2.16. The molecule has 0 spiro atoms. The maximum Gasteiger partial charge on any atom is 0.175 e. The average Bonchev–Trinajstić information content (AvgIpc) is 2.91. The quantitative estimate of drug-likeness (QED) is 0.205. The molecular formula is C29H37NO8S. The zero-order chi connectivity index (χ0) is 29.0. The fourth-order valence-corrected chi connectivity index (χ4v) is 4.66. The zero-order valence-electron chi connectivity index (χ0n) is 23.3. The average molecular weight is 560 g/mol. The summed E-state index contributed by atoms with van der Waals surface area (Å²) in [7, 11) is 2.33. The highest BCUT2D eigenvalue weighted by Crippen LogP contribution is 2.35. The topological polar surface area (TPSA) is 102 Å². The Labute approximate surface area is 231 Å². The summed E-state index contributed by atoms with van der Waals surface area (Å²) in [5.41, 5.74) is 2.09. The lowest BCUT2D eigenvalue weighted by molar-refractivity contribution is 0.213. The first-order valence-corrected chi connectivity index (χ1v) is 13.8. The highest BCUT2D eigenvalue weighted by Gasteiger charge is 2.15. The van der Waals surface area contributed by atoms with Crippen molar-refractivity contribution in [1.82, 2.24) is 0 Å². The summed E-state index contributed by atoms with van der Waals surface area (Å²) >= 11 is 0. The van der Waals surface area contributed by atoms with Crippen LogP contribution >= 0.6 is 0 Å². The SMILES string of the molecule is C=C(OCC)C(=CNc1cc(CS(=O)(=O)/C=C/c2c(OC)cc(OC)cc2OC)ccc1OC)C(=C)OCC. The number of benzene rings is 2. The van der Waals surface area contributed by atoms with Gasteiger partial charge < -0.3 is 33.7 Å². The number of anilines is 1. The van der Waals surface area contributed by atoms with Crippen molar-refractivity contribution in [3.05, 3.63) is 83.3 Å². The van der Waals surface area contributed by atoms with Crippen molar-refractivity contribution in [2.75, 3.05) is 47.0 Å². The number of sulfone groups is 1. The predicted molar refractivity (Wildman–Crippen MR) is 154 cm³/mol. The van der Waals surface area contributed by atoms with Gasteiger partial charge in [0.1, 0.15) is 34.5 Å². The van der Waals surface area contributed by atoms with Gasteiger partial charge in [0.25, 0.3) is 0 Å². The lowest BCUT2D eigenvalue weighted by atomic mass is 10.1. The third-order valence-electron chi connectivity index (χ3n) is 5.44. The second kappa shape index (κ2) is 14.8. The fraction of sp³-hybridized carbons (Fsp3) is 0.310. The fourth-order valence-electron chi connectivity index (χ4n) is 3.58. The lowest BCUT2D eigenvalue weighted by Crippen LogP contribution is -2.05. The maximum atomic E-state index is 13.0. The minimum Gasteiger partial charge on any atom is -0.496 e. The van der Waals surface area contributed by atoms with Crippen LogP contribution in [0.4, 0.5) is 5.69 Å². The van der Waals surface area contributed by atoms with E-state index in [9.17, 15) is 8.42 Å². The van der Waals surface area contributed by atoms with E-state index in [0.717, 1.165) is 5.41 Å². The van der Waals surface area contributed by atoms with E-state index in [1.54, 1.807) is 36.5 Å². The van der Waals surface area contributed by atoms with Gasteiger partial charge in [-0.15, -0.1) is 0 Å². The molecule has 0 atom stereocenters. The van der Waals surface area contributed by atoms with Crippen molar-refractivity contribution >= 4 is 21.6 Å². The molecule has 0 aliphatic heterocycles. The van der Waals surface area contributed by atoms with Gasteiger partial charge in [-0.25, -0.2) is 8.42 Å². The second-order valence-electron chi connectivity index (χ2n) is 8.00. The molecule has 9 nitrogen and oxygen atoms in total. The van der Waals surface area contributed by atoms with Gasteiger partial charge in [0.2, 0.25) is 0 Å². The number of hydrogen-bond acceptors (Lipinski definition) is 9. The predicted octanol–water partition coefficient (Wildman–Crippen LogP) is 5.70. The van der Waals surface area contributed by atoms with E-state index < -0.39 is 9.84 Å². The van der Waals surface area contributed by atoms with Crippen molar-refractivity contribution in [2.45, 2.75) is 19.6 Å². The monoisotopic (exact) mass is 559 g/mol. The van der Waals surface area contributed by atoms with E-state index in [-0.39, 0.29) is 5.75 Å². The molecule has 39 heavy (non-hydrogen) atoms. The van der Waals surface area contributed by atoms with Crippen molar-refractivity contribution in [3.63, 3.8) is 0 Å². The molecule has 0 fully saturated rings. The molecule has 0 bridgehead atoms. The van der Waals surface area contributed by atoms with E-state index in [2.05, 4.69) is 18.5 Å². The summed E-state index contributed by atoms with van der Waals surface area (Å²) in [6.45, 7) is 12.4.